The van der Waals surface area contributed by atoms with Gasteiger partial charge in [0.2, 0.25) is 0 Å². The van der Waals surface area contributed by atoms with Crippen molar-refractivity contribution < 1.29 is 14.4 Å². The minimum absolute atomic E-state index is 0.124. The van der Waals surface area contributed by atoms with Crippen molar-refractivity contribution in [1.29, 1.82) is 0 Å². The summed E-state index contributed by atoms with van der Waals surface area (Å²) in [5.41, 5.74) is 4.41. The van der Waals surface area contributed by atoms with E-state index in [0.29, 0.717) is 11.3 Å². The lowest BCUT2D eigenvalue weighted by molar-refractivity contribution is 0.0749. The van der Waals surface area contributed by atoms with Crippen molar-refractivity contribution >= 4 is 28.4 Å². The normalized spacial score (nSPS) is 11.1. The van der Waals surface area contributed by atoms with Crippen LogP contribution in [0.2, 0.25) is 0 Å². The van der Waals surface area contributed by atoms with Crippen molar-refractivity contribution in [2.45, 2.75) is 13.3 Å². The van der Waals surface area contributed by atoms with Gasteiger partial charge in [-0.1, -0.05) is 40.4 Å². The van der Waals surface area contributed by atoms with E-state index in [4.69, 9.17) is 9.57 Å². The molecule has 0 fully saturated rings. The Morgan fingerprint density at radius 3 is 2.43 bits per heavy atom. The molecule has 2 heterocycles. The van der Waals surface area contributed by atoms with Crippen molar-refractivity contribution in [3.8, 4) is 5.75 Å². The maximum absolute atomic E-state index is 11.4. The van der Waals surface area contributed by atoms with Gasteiger partial charge in [-0.05, 0) is 47.2 Å². The molecule has 0 saturated heterocycles. The van der Waals surface area contributed by atoms with Crippen LogP contribution >= 0.6 is 0 Å². The fourth-order valence-electron chi connectivity index (χ4n) is 3.11. The van der Waals surface area contributed by atoms with Gasteiger partial charge in [-0.15, -0.1) is 10.2 Å². The highest BCUT2D eigenvalue weighted by atomic mass is 16.7. The van der Waals surface area contributed by atoms with Gasteiger partial charge in [0.05, 0.1) is 11.1 Å². The van der Waals surface area contributed by atoms with Crippen molar-refractivity contribution in [3.63, 3.8) is 0 Å². The SMILES string of the molecule is O=Cc1ccc(COn2nnc3ccccc32)cc1OCn1nnc2ccccc21. The molecule has 0 saturated carbocycles. The zero-order valence-corrected chi connectivity index (χ0v) is 15.8. The number of aromatic nitrogens is 6. The average molecular weight is 400 g/mol. The van der Waals surface area contributed by atoms with Gasteiger partial charge < -0.3 is 9.57 Å². The summed E-state index contributed by atoms with van der Waals surface area (Å²) in [7, 11) is 0. The number of nitrogens with zero attached hydrogens (tertiary/aromatic N) is 6. The molecule has 0 aliphatic carbocycles. The smallest absolute Gasteiger partial charge is 0.183 e. The predicted octanol–water partition coefficient (Wildman–Crippen LogP) is 2.65. The Kier molecular flexibility index (Phi) is 4.53. The molecule has 30 heavy (non-hydrogen) atoms. The van der Waals surface area contributed by atoms with Gasteiger partial charge in [-0.2, -0.15) is 0 Å². The van der Waals surface area contributed by atoms with Crippen molar-refractivity contribution in [2.75, 3.05) is 0 Å². The Bertz CT molecular complexity index is 1340. The molecule has 3 aromatic carbocycles. The number of aldehydes is 1. The van der Waals surface area contributed by atoms with Crippen LogP contribution in [0.5, 0.6) is 5.75 Å². The van der Waals surface area contributed by atoms with Gasteiger partial charge in [0, 0.05) is 0 Å². The number of carbonyl (C=O) groups excluding carboxylic acids is 1. The Labute approximate surface area is 170 Å². The number of para-hydroxylation sites is 2. The first kappa shape index (κ1) is 17.8. The number of ether oxygens (including phenoxy) is 1. The number of benzene rings is 3. The van der Waals surface area contributed by atoms with Crippen LogP contribution < -0.4 is 9.57 Å². The summed E-state index contributed by atoms with van der Waals surface area (Å²) in [6, 6.07) is 20.4. The fraction of sp³-hybridized carbons (Fsp3) is 0.0952. The lowest BCUT2D eigenvalue weighted by Gasteiger charge is -2.11. The zero-order valence-electron chi connectivity index (χ0n) is 15.8. The van der Waals surface area contributed by atoms with E-state index in [-0.39, 0.29) is 13.3 Å². The minimum atomic E-state index is 0.124. The van der Waals surface area contributed by atoms with Crippen LogP contribution in [0.15, 0.2) is 66.7 Å². The summed E-state index contributed by atoms with van der Waals surface area (Å²) in [6.07, 6.45) is 0.754. The van der Waals surface area contributed by atoms with E-state index >= 15 is 0 Å². The highest BCUT2D eigenvalue weighted by Gasteiger charge is 2.10. The molecule has 0 N–H and O–H groups in total. The monoisotopic (exact) mass is 400 g/mol. The molecule has 9 nitrogen and oxygen atoms in total. The molecule has 0 amide bonds. The third-order valence-corrected chi connectivity index (χ3v) is 4.64. The van der Waals surface area contributed by atoms with Crippen molar-refractivity contribution in [3.05, 3.63) is 77.9 Å². The van der Waals surface area contributed by atoms with Crippen LogP contribution in [0, 0.1) is 0 Å². The van der Waals surface area contributed by atoms with E-state index in [1.165, 1.54) is 4.85 Å². The number of fused-ring (bicyclic) bond motifs is 2. The second-order valence-electron chi connectivity index (χ2n) is 6.57. The first-order chi connectivity index (χ1) is 14.8. The lowest BCUT2D eigenvalue weighted by Crippen LogP contribution is -2.13. The molecular weight excluding hydrogens is 384 g/mol. The molecule has 0 aliphatic rings. The van der Waals surface area contributed by atoms with Crippen LogP contribution in [0.4, 0.5) is 0 Å². The van der Waals surface area contributed by atoms with E-state index in [0.717, 1.165) is 33.9 Å². The second-order valence-corrected chi connectivity index (χ2v) is 6.57. The van der Waals surface area contributed by atoms with E-state index in [1.54, 1.807) is 22.9 Å². The molecule has 0 bridgehead atoms. The highest BCUT2D eigenvalue weighted by Crippen LogP contribution is 2.21. The summed E-state index contributed by atoms with van der Waals surface area (Å²) in [4.78, 5) is 18.6. The van der Waals surface area contributed by atoms with Gasteiger partial charge in [0.1, 0.15) is 28.9 Å². The summed E-state index contributed by atoms with van der Waals surface area (Å²) in [5.74, 6) is 0.439. The lowest BCUT2D eigenvalue weighted by atomic mass is 10.1. The molecule has 0 atom stereocenters. The summed E-state index contributed by atoms with van der Waals surface area (Å²) >= 11 is 0. The molecule has 5 rings (SSSR count). The van der Waals surface area contributed by atoms with Crippen molar-refractivity contribution in [2.24, 2.45) is 0 Å². The average Bonchev–Trinajstić information content (AvgIpc) is 3.40. The molecule has 0 unspecified atom stereocenters. The Balaban J connectivity index is 1.33. The van der Waals surface area contributed by atoms with E-state index in [9.17, 15) is 4.79 Å². The predicted molar refractivity (Wildman–Crippen MR) is 108 cm³/mol. The first-order valence-electron chi connectivity index (χ1n) is 9.25. The summed E-state index contributed by atoms with van der Waals surface area (Å²) < 4.78 is 7.50. The maximum Gasteiger partial charge on any atom is 0.183 e. The quantitative estimate of drug-likeness (QED) is 0.388. The molecular formula is C21H16N6O3. The largest absolute Gasteiger partial charge is 0.470 e. The fourth-order valence-corrected chi connectivity index (χ4v) is 3.11. The van der Waals surface area contributed by atoms with Crippen LogP contribution in [0.25, 0.3) is 22.1 Å². The van der Waals surface area contributed by atoms with E-state index in [1.807, 2.05) is 48.5 Å². The number of hydrogen-bond donors (Lipinski definition) is 0. The standard InChI is InChI=1S/C21H16N6O3/c28-12-16-10-9-15(13-30-27-20-8-4-2-6-18(20)23-25-27)11-21(16)29-14-26-19-7-3-1-5-17(19)22-24-26/h1-12H,13-14H2. The highest BCUT2D eigenvalue weighted by molar-refractivity contribution is 5.79. The van der Waals surface area contributed by atoms with Crippen LogP contribution in [-0.2, 0) is 13.3 Å². The number of rotatable bonds is 7. The first-order valence-corrected chi connectivity index (χ1v) is 9.25. The summed E-state index contributed by atoms with van der Waals surface area (Å²) in [6.45, 7) is 0.356. The van der Waals surface area contributed by atoms with Crippen LogP contribution in [0.3, 0.4) is 0 Å². The van der Waals surface area contributed by atoms with E-state index < -0.39 is 0 Å². The molecule has 148 valence electrons. The van der Waals surface area contributed by atoms with Gasteiger partial charge >= 0.3 is 0 Å². The molecule has 0 spiro atoms. The summed E-state index contributed by atoms with van der Waals surface area (Å²) in [5, 5.41) is 16.3. The zero-order chi connectivity index (χ0) is 20.3. The Hall–Kier alpha value is -4.27. The van der Waals surface area contributed by atoms with Crippen LogP contribution in [-0.4, -0.2) is 36.4 Å². The van der Waals surface area contributed by atoms with Crippen LogP contribution in [0.1, 0.15) is 15.9 Å². The van der Waals surface area contributed by atoms with Gasteiger partial charge in [-0.25, -0.2) is 4.68 Å². The third-order valence-electron chi connectivity index (χ3n) is 4.64. The number of carbonyl (C=O) groups is 1. The molecule has 5 aromatic rings. The maximum atomic E-state index is 11.4. The van der Waals surface area contributed by atoms with Gasteiger partial charge in [-0.3, -0.25) is 4.79 Å². The molecule has 0 radical (unpaired) electrons. The molecule has 9 heteroatoms. The number of hydrogen-bond acceptors (Lipinski definition) is 7. The Morgan fingerprint density at radius 1 is 0.867 bits per heavy atom. The van der Waals surface area contributed by atoms with Gasteiger partial charge in [0.25, 0.3) is 0 Å². The topological polar surface area (TPSA) is 97.0 Å². The Morgan fingerprint density at radius 2 is 1.60 bits per heavy atom. The second kappa shape index (κ2) is 7.63. The third kappa shape index (κ3) is 3.32. The molecule has 2 aromatic heterocycles. The molecule has 0 aliphatic heterocycles. The minimum Gasteiger partial charge on any atom is -0.470 e. The van der Waals surface area contributed by atoms with E-state index in [2.05, 4.69) is 20.6 Å². The van der Waals surface area contributed by atoms with Gasteiger partial charge in [0.15, 0.2) is 13.0 Å². The van der Waals surface area contributed by atoms with Crippen molar-refractivity contribution in [1.82, 2.24) is 30.2 Å².